The van der Waals surface area contributed by atoms with Crippen molar-refractivity contribution in [2.75, 3.05) is 6.61 Å². The summed E-state index contributed by atoms with van der Waals surface area (Å²) in [5.41, 5.74) is 2.13. The lowest BCUT2D eigenvalue weighted by Crippen LogP contribution is -1.98. The van der Waals surface area contributed by atoms with E-state index in [4.69, 9.17) is 4.74 Å². The number of benzene rings is 1. The lowest BCUT2D eigenvalue weighted by molar-refractivity contribution is -0.137. The molecule has 0 aliphatic heterocycles. The molecule has 1 rings (SSSR count). The number of rotatable bonds is 2. The van der Waals surface area contributed by atoms with Crippen molar-refractivity contribution in [3.63, 3.8) is 0 Å². The lowest BCUT2D eigenvalue weighted by Gasteiger charge is -1.92. The third-order valence-electron chi connectivity index (χ3n) is 1.86. The lowest BCUT2D eigenvalue weighted by atomic mass is 10.1. The molecule has 1 aromatic carbocycles. The van der Waals surface area contributed by atoms with Crippen molar-refractivity contribution < 1.29 is 9.53 Å². The number of ether oxygens (including phenoxy) is 1. The second-order valence-electron chi connectivity index (χ2n) is 3.22. The molecule has 16 heavy (non-hydrogen) atoms. The molecular weight excluding hydrogens is 200 g/mol. The number of esters is 1. The van der Waals surface area contributed by atoms with Crippen LogP contribution >= 0.6 is 0 Å². The Kier molecular flexibility index (Phi) is 4.88. The van der Waals surface area contributed by atoms with Gasteiger partial charge in [0.2, 0.25) is 0 Å². The van der Waals surface area contributed by atoms with Crippen molar-refractivity contribution in [1.82, 2.24) is 0 Å². The first-order valence-corrected chi connectivity index (χ1v) is 5.14. The predicted molar refractivity (Wildman–Crippen MR) is 63.8 cm³/mol. The van der Waals surface area contributed by atoms with Crippen molar-refractivity contribution in [2.24, 2.45) is 0 Å². The summed E-state index contributed by atoms with van der Waals surface area (Å²) >= 11 is 0. The van der Waals surface area contributed by atoms with Gasteiger partial charge in [0, 0.05) is 11.6 Å². The predicted octanol–water partition coefficient (Wildman–Crippen LogP) is 2.47. The molecule has 0 aliphatic carbocycles. The molecule has 2 heteroatoms. The van der Waals surface area contributed by atoms with E-state index in [1.807, 2.05) is 31.2 Å². The molecule has 0 aliphatic rings. The average molecular weight is 214 g/mol. The van der Waals surface area contributed by atoms with Gasteiger partial charge in [-0.25, -0.2) is 4.79 Å². The van der Waals surface area contributed by atoms with Crippen LogP contribution in [0.1, 0.15) is 18.1 Å². The number of aryl methyl sites for hydroxylation is 1. The molecular formula is C14H14O2. The van der Waals surface area contributed by atoms with Gasteiger partial charge in [0.1, 0.15) is 0 Å². The molecule has 0 amide bonds. The second-order valence-corrected chi connectivity index (χ2v) is 3.22. The largest absolute Gasteiger partial charge is 0.463 e. The van der Waals surface area contributed by atoms with Crippen LogP contribution in [-0.2, 0) is 9.53 Å². The summed E-state index contributed by atoms with van der Waals surface area (Å²) in [6, 6.07) is 7.89. The van der Waals surface area contributed by atoms with Gasteiger partial charge >= 0.3 is 5.97 Å². The Hall–Kier alpha value is -2.01. The molecule has 0 aromatic heterocycles. The minimum atomic E-state index is -0.360. The van der Waals surface area contributed by atoms with E-state index in [1.165, 1.54) is 17.7 Å². The standard InChI is InChI=1S/C14H14O2/c1-3-16-14(15)7-5-4-6-13-10-8-12(2)9-11-13/h5,7-11H,3H2,1-2H3. The van der Waals surface area contributed by atoms with Gasteiger partial charge in [-0.2, -0.15) is 0 Å². The molecule has 0 spiro atoms. The van der Waals surface area contributed by atoms with Crippen LogP contribution in [0.3, 0.4) is 0 Å². The van der Waals surface area contributed by atoms with E-state index >= 15 is 0 Å². The van der Waals surface area contributed by atoms with Crippen LogP contribution in [0.4, 0.5) is 0 Å². The second kappa shape index (κ2) is 6.47. The normalized spacial score (nSPS) is 9.62. The smallest absolute Gasteiger partial charge is 0.331 e. The van der Waals surface area contributed by atoms with E-state index in [-0.39, 0.29) is 5.97 Å². The van der Waals surface area contributed by atoms with Crippen molar-refractivity contribution >= 4 is 5.97 Å². The molecule has 0 radical (unpaired) electrons. The molecule has 1 aromatic rings. The van der Waals surface area contributed by atoms with Gasteiger partial charge in [-0.3, -0.25) is 0 Å². The molecule has 0 heterocycles. The molecule has 0 N–H and O–H groups in total. The Morgan fingerprint density at radius 1 is 1.38 bits per heavy atom. The molecule has 0 bridgehead atoms. The van der Waals surface area contributed by atoms with Gasteiger partial charge < -0.3 is 4.74 Å². The first kappa shape index (κ1) is 12.1. The summed E-state index contributed by atoms with van der Waals surface area (Å²) < 4.78 is 4.72. The van der Waals surface area contributed by atoms with Crippen LogP contribution in [0, 0.1) is 18.8 Å². The van der Waals surface area contributed by atoms with E-state index in [1.54, 1.807) is 6.92 Å². The fourth-order valence-corrected chi connectivity index (χ4v) is 1.06. The Morgan fingerprint density at radius 3 is 2.69 bits per heavy atom. The van der Waals surface area contributed by atoms with Crippen LogP contribution < -0.4 is 0 Å². The molecule has 2 nitrogen and oxygen atoms in total. The number of hydrogen-bond acceptors (Lipinski definition) is 2. The molecule has 0 saturated carbocycles. The van der Waals surface area contributed by atoms with Gasteiger partial charge in [0.25, 0.3) is 0 Å². The summed E-state index contributed by atoms with van der Waals surface area (Å²) in [7, 11) is 0. The zero-order chi connectivity index (χ0) is 11.8. The number of carbonyl (C=O) groups excluding carboxylic acids is 1. The Morgan fingerprint density at radius 2 is 2.06 bits per heavy atom. The Bertz CT molecular complexity index is 430. The SMILES string of the molecule is CCOC(=O)C=CC#Cc1ccc(C)cc1. The first-order chi connectivity index (χ1) is 7.72. The van der Waals surface area contributed by atoms with E-state index in [2.05, 4.69) is 11.8 Å². The average Bonchev–Trinajstić information content (AvgIpc) is 2.27. The van der Waals surface area contributed by atoms with Crippen molar-refractivity contribution in [3.8, 4) is 11.8 Å². The van der Waals surface area contributed by atoms with E-state index in [0.717, 1.165) is 5.56 Å². The van der Waals surface area contributed by atoms with Crippen LogP contribution in [0.25, 0.3) is 0 Å². The van der Waals surface area contributed by atoms with Crippen molar-refractivity contribution in [3.05, 3.63) is 47.5 Å². The van der Waals surface area contributed by atoms with Gasteiger partial charge in [0.15, 0.2) is 0 Å². The highest BCUT2D eigenvalue weighted by Gasteiger charge is 1.90. The van der Waals surface area contributed by atoms with Gasteiger partial charge in [-0.05, 0) is 32.1 Å². The Labute approximate surface area is 95.9 Å². The number of carbonyl (C=O) groups is 1. The molecule has 0 unspecified atom stereocenters. The summed E-state index contributed by atoms with van der Waals surface area (Å²) in [4.78, 5) is 10.9. The third kappa shape index (κ3) is 4.47. The summed E-state index contributed by atoms with van der Waals surface area (Å²) in [5, 5.41) is 0. The maximum absolute atomic E-state index is 10.9. The van der Waals surface area contributed by atoms with Gasteiger partial charge in [-0.1, -0.05) is 29.5 Å². The zero-order valence-electron chi connectivity index (χ0n) is 9.49. The molecule has 0 atom stereocenters. The number of hydrogen-bond donors (Lipinski definition) is 0. The zero-order valence-corrected chi connectivity index (χ0v) is 9.49. The molecule has 0 saturated heterocycles. The van der Waals surface area contributed by atoms with E-state index < -0.39 is 0 Å². The fourth-order valence-electron chi connectivity index (χ4n) is 1.06. The van der Waals surface area contributed by atoms with Gasteiger partial charge in [-0.15, -0.1) is 0 Å². The summed E-state index contributed by atoms with van der Waals surface area (Å²) in [5.74, 6) is 5.34. The van der Waals surface area contributed by atoms with Gasteiger partial charge in [0.05, 0.1) is 6.61 Å². The topological polar surface area (TPSA) is 26.3 Å². The highest BCUT2D eigenvalue weighted by molar-refractivity contribution is 5.82. The van der Waals surface area contributed by atoms with Crippen LogP contribution in [-0.4, -0.2) is 12.6 Å². The first-order valence-electron chi connectivity index (χ1n) is 5.14. The fraction of sp³-hybridized carbons (Fsp3) is 0.214. The van der Waals surface area contributed by atoms with Crippen LogP contribution in [0.2, 0.25) is 0 Å². The third-order valence-corrected chi connectivity index (χ3v) is 1.86. The monoisotopic (exact) mass is 214 g/mol. The highest BCUT2D eigenvalue weighted by Crippen LogP contribution is 2.00. The Balaban J connectivity index is 2.55. The van der Waals surface area contributed by atoms with Crippen LogP contribution in [0.5, 0.6) is 0 Å². The quantitative estimate of drug-likeness (QED) is 0.429. The summed E-state index contributed by atoms with van der Waals surface area (Å²) in [6.45, 7) is 4.18. The van der Waals surface area contributed by atoms with Crippen LogP contribution in [0.15, 0.2) is 36.4 Å². The minimum absolute atomic E-state index is 0.360. The van der Waals surface area contributed by atoms with Crippen molar-refractivity contribution in [1.29, 1.82) is 0 Å². The van der Waals surface area contributed by atoms with E-state index in [0.29, 0.717) is 6.61 Å². The maximum Gasteiger partial charge on any atom is 0.331 e. The van der Waals surface area contributed by atoms with Crippen molar-refractivity contribution in [2.45, 2.75) is 13.8 Å². The summed E-state index contributed by atoms with van der Waals surface area (Å²) in [6.07, 6.45) is 2.82. The molecule has 0 fully saturated rings. The molecule has 82 valence electrons. The minimum Gasteiger partial charge on any atom is -0.463 e. The number of allylic oxidation sites excluding steroid dienone is 1. The highest BCUT2D eigenvalue weighted by atomic mass is 16.5. The van der Waals surface area contributed by atoms with E-state index in [9.17, 15) is 4.79 Å². The maximum atomic E-state index is 10.9.